The molecule has 496 valence electrons. The number of hydrogen-bond donors (Lipinski definition) is 14. The van der Waals surface area contributed by atoms with Crippen molar-refractivity contribution in [2.24, 2.45) is 22.6 Å². The quantitative estimate of drug-likeness (QED) is 0.0273. The maximum Gasteiger partial charge on any atom is 0.330 e. The third-order valence-electron chi connectivity index (χ3n) is 16.5. The molecular weight excluding hydrogens is 1190 g/mol. The number of guanidine groups is 1. The average molecular weight is 1280 g/mol. The topological polar surface area (TPSA) is 412 Å². The summed E-state index contributed by atoms with van der Waals surface area (Å²) in [6.45, 7) is 6.35. The number of carbonyl (C=O) groups is 5. The Morgan fingerprint density at radius 1 is 0.750 bits per heavy atom. The van der Waals surface area contributed by atoms with E-state index >= 15 is 0 Å². The number of nitrogens with two attached hydrogens (primary N) is 1. The first-order valence-corrected chi connectivity index (χ1v) is 30.5. The summed E-state index contributed by atoms with van der Waals surface area (Å²) >= 11 is 0. The molecule has 15 N–H and O–H groups in total. The molecule has 0 aliphatic carbocycles. The predicted molar refractivity (Wildman–Crippen MR) is 335 cm³/mol. The van der Waals surface area contributed by atoms with Gasteiger partial charge >= 0.3 is 23.7 Å². The summed E-state index contributed by atoms with van der Waals surface area (Å²) < 4.78 is 25.9. The van der Waals surface area contributed by atoms with Crippen LogP contribution in [0.5, 0.6) is 0 Å². The largest absolute Gasteiger partial charge is 0.480 e. The van der Waals surface area contributed by atoms with E-state index in [1.165, 1.54) is 12.0 Å². The van der Waals surface area contributed by atoms with Crippen LogP contribution in [-0.2, 0) is 51.2 Å². The molecule has 0 spiro atoms. The summed E-state index contributed by atoms with van der Waals surface area (Å²) in [7, 11) is 1.29. The van der Waals surface area contributed by atoms with Crippen LogP contribution < -0.4 is 48.9 Å². The minimum atomic E-state index is -1.99. The van der Waals surface area contributed by atoms with Gasteiger partial charge in [0.1, 0.15) is 66.9 Å². The number of nitrogens with one attached hydrogen (secondary N) is 7. The summed E-state index contributed by atoms with van der Waals surface area (Å²) in [6, 6.07) is 27.2. The van der Waals surface area contributed by atoms with Crippen LogP contribution in [0.3, 0.4) is 0 Å². The first-order valence-electron chi connectivity index (χ1n) is 30.5. The van der Waals surface area contributed by atoms with Crippen molar-refractivity contribution in [1.82, 2.24) is 46.4 Å². The fraction of sp³-hybridized carbons (Fsp3) is 0.469. The van der Waals surface area contributed by atoms with Gasteiger partial charge in [-0.1, -0.05) is 137 Å². The number of aliphatic hydroxyl groups is 4. The van der Waals surface area contributed by atoms with E-state index in [1.54, 1.807) is 39.8 Å². The van der Waals surface area contributed by atoms with Crippen molar-refractivity contribution in [2.75, 3.05) is 33.3 Å². The van der Waals surface area contributed by atoms with Crippen molar-refractivity contribution in [3.05, 3.63) is 153 Å². The molecule has 3 aliphatic heterocycles. The van der Waals surface area contributed by atoms with E-state index in [0.29, 0.717) is 12.1 Å². The zero-order chi connectivity index (χ0) is 66.3. The number of nitrogens with zero attached hydrogens (tertiary/aromatic N) is 3. The van der Waals surface area contributed by atoms with Crippen LogP contribution in [0.25, 0.3) is 22.3 Å². The average Bonchev–Trinajstić information content (AvgIpc) is 1.63. The maximum atomic E-state index is 14.4. The number of aliphatic imine (C=N–C) groups is 1. The predicted octanol–water partition coefficient (Wildman–Crippen LogP) is 0.183. The Balaban J connectivity index is 1.07. The van der Waals surface area contributed by atoms with Crippen LogP contribution in [0.2, 0.25) is 0 Å². The molecule has 28 heteroatoms. The lowest BCUT2D eigenvalue weighted by Gasteiger charge is -2.39. The number of aromatic nitrogens is 2. The minimum Gasteiger partial charge on any atom is -0.480 e. The highest BCUT2D eigenvalue weighted by Gasteiger charge is 2.55. The van der Waals surface area contributed by atoms with Crippen molar-refractivity contribution < 1.29 is 73.6 Å². The van der Waals surface area contributed by atoms with Gasteiger partial charge in [-0.2, -0.15) is 0 Å². The molecule has 4 aromatic carbocycles. The molecule has 15 atom stereocenters. The number of hydrogen-bond acceptors (Lipinski definition) is 20. The smallest absolute Gasteiger partial charge is 0.330 e. The van der Waals surface area contributed by atoms with Crippen LogP contribution in [0.4, 0.5) is 4.79 Å². The first kappa shape index (κ1) is 69.5. The molecule has 0 saturated carbocycles. The number of amides is 4. The molecule has 1 aromatic heterocycles. The van der Waals surface area contributed by atoms with E-state index in [4.69, 9.17) is 24.7 Å². The Morgan fingerprint density at radius 3 is 1.93 bits per heavy atom. The fourth-order valence-electron chi connectivity index (χ4n) is 11.4. The second-order valence-electron chi connectivity index (χ2n) is 23.7. The van der Waals surface area contributed by atoms with Crippen LogP contribution in [0.1, 0.15) is 57.9 Å². The number of aliphatic hydroxyl groups excluding tert-OH is 4. The third kappa shape index (κ3) is 17.6. The lowest BCUT2D eigenvalue weighted by Crippen LogP contribution is -2.66. The van der Waals surface area contributed by atoms with Crippen LogP contribution in [0.15, 0.2) is 136 Å². The minimum absolute atomic E-state index is 0.0412. The Bertz CT molecular complexity index is 3410. The van der Waals surface area contributed by atoms with Crippen LogP contribution in [0, 0.1) is 11.8 Å². The lowest BCUT2D eigenvalue weighted by molar-refractivity contribution is -0.239. The Kier molecular flexibility index (Phi) is 24.3. The zero-order valence-corrected chi connectivity index (χ0v) is 51.6. The summed E-state index contributed by atoms with van der Waals surface area (Å²) in [5, 5.41) is 84.7. The number of benzene rings is 4. The molecule has 0 bridgehead atoms. The lowest BCUT2D eigenvalue weighted by atomic mass is 9.96. The van der Waals surface area contributed by atoms with Gasteiger partial charge in [-0.3, -0.25) is 38.6 Å². The van der Waals surface area contributed by atoms with Gasteiger partial charge in [0, 0.05) is 58.6 Å². The summed E-state index contributed by atoms with van der Waals surface area (Å²) in [5.74, 6) is -5.91. The van der Waals surface area contributed by atoms with Gasteiger partial charge in [0.2, 0.25) is 11.8 Å². The van der Waals surface area contributed by atoms with Gasteiger partial charge < -0.3 is 87.2 Å². The maximum absolute atomic E-state index is 14.4. The Morgan fingerprint density at radius 2 is 1.37 bits per heavy atom. The van der Waals surface area contributed by atoms with Gasteiger partial charge in [-0.05, 0) is 58.1 Å². The highest BCUT2D eigenvalue weighted by atomic mass is 16.7. The van der Waals surface area contributed by atoms with Crippen molar-refractivity contribution in [3.63, 3.8) is 0 Å². The number of carbonyl (C=O) groups excluding carboxylic acids is 3. The monoisotopic (exact) mass is 1280 g/mol. The third-order valence-corrected chi connectivity index (χ3v) is 16.5. The molecule has 2 fully saturated rings. The molecule has 4 amide bonds. The number of urea groups is 1. The summed E-state index contributed by atoms with van der Waals surface area (Å²) in [4.78, 5) is 101. The van der Waals surface area contributed by atoms with Crippen molar-refractivity contribution in [3.8, 4) is 22.3 Å². The SMILES string of the molecule is CO[C@H]1[C@H](OC(C(C(=O)O)N(CCCNC(=O)C(NC(=O)C(NC(=O)NC(C(=O)O)C(C)C)C2CCN=C(N)N2)C(O)C(C)C)Cc2ccc(-c3ccccc3)cc2)[C@H]2O[C@@H](n3ccc(=O)[nH]c3=O)[C@H](O)[C@@H]2O)O[C@H](CNCc2ccc(-c3ccccc3)cc2)[C@H]1O. The Hall–Kier alpha value is -8.42. The van der Waals surface area contributed by atoms with Crippen molar-refractivity contribution in [1.29, 1.82) is 0 Å². The molecule has 28 nitrogen and oxygen atoms in total. The van der Waals surface area contributed by atoms with E-state index < -0.39 is 144 Å². The number of H-pyrrole nitrogens is 1. The number of aromatic amines is 1. The molecule has 5 aromatic rings. The zero-order valence-electron chi connectivity index (χ0n) is 51.6. The standard InChI is InChI=1S/C64H83N11O17/c1-34(2)45(59(83)84)72-63(87)73-46(42-25-28-68-62(65)69-42)57(82)71-47(49(77)35(3)4)56(81)67-27-12-29-74(33-37-19-23-41(24-20-37)39-15-10-7-11-16-39)48(60(85)86)53(54-51(79)52(80)58(91-54)75-30-26-44(76)70-64(75)88)92-61-55(89-5)50(78)43(90-61)32-66-31-36-17-21-40(22-18-36)38-13-8-6-9-14-38/h6-11,13-24,26,30,34-35,42-43,45-55,58,61,66,77-80H,12,25,27-29,31-33H2,1-5H3,(H,67,81)(H,71,82)(H,83,84)(H,85,86)(H3,65,68,69)(H,70,76,88)(H2,72,73,87)/t42?,43-,45?,46?,47?,48?,49?,50-,51+,52-,53?,54+,55-,58-,61+/m1/s1. The van der Waals surface area contributed by atoms with Crippen molar-refractivity contribution >= 4 is 35.7 Å². The molecule has 3 aliphatic rings. The molecule has 0 radical (unpaired) electrons. The van der Waals surface area contributed by atoms with Crippen LogP contribution >= 0.6 is 0 Å². The molecule has 8 rings (SSSR count). The molecule has 92 heavy (non-hydrogen) atoms. The highest BCUT2D eigenvalue weighted by Crippen LogP contribution is 2.37. The van der Waals surface area contributed by atoms with E-state index in [-0.39, 0.29) is 51.5 Å². The molecule has 2 saturated heterocycles. The van der Waals surface area contributed by atoms with Gasteiger partial charge in [-0.15, -0.1) is 0 Å². The van der Waals surface area contributed by atoms with E-state index in [9.17, 15) is 64.2 Å². The van der Waals surface area contributed by atoms with Crippen LogP contribution in [-0.4, -0.2) is 199 Å². The number of ether oxygens (including phenoxy) is 4. The van der Waals surface area contributed by atoms with E-state index in [1.807, 2.05) is 97.1 Å². The molecular formula is C64H83N11O17. The van der Waals surface area contributed by atoms with Gasteiger partial charge in [0.05, 0.1) is 12.1 Å². The normalized spacial score (nSPS) is 23.3. The summed E-state index contributed by atoms with van der Waals surface area (Å²) in [5.41, 5.74) is 9.49. The Labute approximate surface area is 530 Å². The molecule has 7 unspecified atom stereocenters. The van der Waals surface area contributed by atoms with Gasteiger partial charge in [0.25, 0.3) is 5.56 Å². The van der Waals surface area contributed by atoms with Gasteiger partial charge in [-0.25, -0.2) is 14.4 Å². The number of carboxylic acids is 2. The fourth-order valence-corrected chi connectivity index (χ4v) is 11.4. The second-order valence-corrected chi connectivity index (χ2v) is 23.7. The van der Waals surface area contributed by atoms with E-state index in [2.05, 4.69) is 41.9 Å². The summed E-state index contributed by atoms with van der Waals surface area (Å²) in [6.07, 6.45) is -14.9. The van der Waals surface area contributed by atoms with Gasteiger partial charge in [0.15, 0.2) is 18.5 Å². The number of methoxy groups -OCH3 is 1. The number of aliphatic carboxylic acids is 2. The second kappa shape index (κ2) is 32.2. The number of rotatable bonds is 30. The number of carboxylic acid groups (broad SMARTS) is 2. The van der Waals surface area contributed by atoms with Crippen molar-refractivity contribution in [2.45, 2.75) is 145 Å². The molecule has 4 heterocycles. The first-order chi connectivity index (χ1) is 44.0. The highest BCUT2D eigenvalue weighted by molar-refractivity contribution is 5.94. The van der Waals surface area contributed by atoms with E-state index in [0.717, 1.165) is 44.6 Å².